The Hall–Kier alpha value is -1.43. The molecule has 1 aromatic carbocycles. The maximum absolute atomic E-state index is 13.3. The number of carbonyl (C=O) groups is 1. The standard InChI is InChI=1S/C9H6BrFN2O2/c10-9-4(1-8(14)15)5-3-12-13-7(5)2-6(9)11/h2-3H,1H2,(H,12,13)(H,14,15). The molecule has 6 heteroatoms. The molecular weight excluding hydrogens is 267 g/mol. The van der Waals surface area contributed by atoms with Crippen molar-refractivity contribution in [3.8, 4) is 0 Å². The van der Waals surface area contributed by atoms with E-state index in [1.54, 1.807) is 0 Å². The molecule has 15 heavy (non-hydrogen) atoms. The second-order valence-corrected chi connectivity index (χ2v) is 3.85. The third-order valence-corrected chi connectivity index (χ3v) is 2.93. The number of rotatable bonds is 2. The van der Waals surface area contributed by atoms with Crippen LogP contribution in [-0.2, 0) is 11.2 Å². The number of halogens is 2. The summed E-state index contributed by atoms with van der Waals surface area (Å²) in [5.74, 6) is -1.51. The molecule has 0 unspecified atom stereocenters. The maximum atomic E-state index is 13.3. The van der Waals surface area contributed by atoms with Gasteiger partial charge in [0.25, 0.3) is 0 Å². The van der Waals surface area contributed by atoms with Gasteiger partial charge in [-0.15, -0.1) is 0 Å². The fraction of sp³-hybridized carbons (Fsp3) is 0.111. The molecule has 0 aliphatic heterocycles. The topological polar surface area (TPSA) is 66.0 Å². The van der Waals surface area contributed by atoms with E-state index >= 15 is 0 Å². The van der Waals surface area contributed by atoms with Crippen LogP contribution >= 0.6 is 15.9 Å². The molecule has 0 atom stereocenters. The zero-order valence-corrected chi connectivity index (χ0v) is 9.01. The number of hydrogen-bond acceptors (Lipinski definition) is 2. The van der Waals surface area contributed by atoms with Crippen molar-refractivity contribution in [2.45, 2.75) is 6.42 Å². The molecule has 0 radical (unpaired) electrons. The first-order valence-corrected chi connectivity index (χ1v) is 4.90. The van der Waals surface area contributed by atoms with Crippen LogP contribution in [0.2, 0.25) is 0 Å². The summed E-state index contributed by atoms with van der Waals surface area (Å²) in [6, 6.07) is 1.28. The number of aliphatic carboxylic acids is 1. The van der Waals surface area contributed by atoms with Crippen molar-refractivity contribution < 1.29 is 14.3 Å². The zero-order chi connectivity index (χ0) is 11.0. The normalized spacial score (nSPS) is 10.8. The van der Waals surface area contributed by atoms with Gasteiger partial charge in [0.2, 0.25) is 0 Å². The summed E-state index contributed by atoms with van der Waals surface area (Å²) in [6.45, 7) is 0. The van der Waals surface area contributed by atoms with Crippen molar-refractivity contribution in [1.82, 2.24) is 10.2 Å². The number of carboxylic acid groups (broad SMARTS) is 1. The van der Waals surface area contributed by atoms with Crippen LogP contribution in [0.3, 0.4) is 0 Å². The largest absolute Gasteiger partial charge is 0.481 e. The third-order valence-electron chi connectivity index (χ3n) is 2.07. The Labute approximate surface area is 92.2 Å². The first kappa shape index (κ1) is 10.1. The second kappa shape index (κ2) is 3.62. The Kier molecular flexibility index (Phi) is 2.44. The van der Waals surface area contributed by atoms with E-state index in [0.717, 1.165) is 0 Å². The molecule has 0 aliphatic carbocycles. The molecule has 1 heterocycles. The summed E-state index contributed by atoms with van der Waals surface area (Å²) in [7, 11) is 0. The van der Waals surface area contributed by atoms with Crippen molar-refractivity contribution >= 4 is 32.8 Å². The average Bonchev–Trinajstić information content (AvgIpc) is 2.59. The molecule has 2 N–H and O–H groups in total. The molecule has 2 rings (SSSR count). The molecule has 0 fully saturated rings. The minimum Gasteiger partial charge on any atom is -0.481 e. The molecule has 0 aliphatic rings. The molecule has 0 saturated heterocycles. The SMILES string of the molecule is O=C(O)Cc1c(Br)c(F)cc2[nH]ncc12. The Bertz CT molecular complexity index is 538. The van der Waals surface area contributed by atoms with Gasteiger partial charge in [0.15, 0.2) is 0 Å². The van der Waals surface area contributed by atoms with Crippen molar-refractivity contribution in [2.75, 3.05) is 0 Å². The lowest BCUT2D eigenvalue weighted by Gasteiger charge is -2.04. The van der Waals surface area contributed by atoms with Gasteiger partial charge in [-0.1, -0.05) is 0 Å². The second-order valence-electron chi connectivity index (χ2n) is 3.05. The lowest BCUT2D eigenvalue weighted by Crippen LogP contribution is -2.02. The smallest absolute Gasteiger partial charge is 0.307 e. The van der Waals surface area contributed by atoms with Crippen LogP contribution in [-0.4, -0.2) is 21.3 Å². The van der Waals surface area contributed by atoms with E-state index in [0.29, 0.717) is 16.5 Å². The fourth-order valence-electron chi connectivity index (χ4n) is 1.42. The molecule has 0 bridgehead atoms. The minimum absolute atomic E-state index is 0.179. The number of fused-ring (bicyclic) bond motifs is 1. The van der Waals surface area contributed by atoms with Gasteiger partial charge in [-0.2, -0.15) is 5.10 Å². The van der Waals surface area contributed by atoms with Gasteiger partial charge in [0.1, 0.15) is 5.82 Å². The Morgan fingerprint density at radius 1 is 1.67 bits per heavy atom. The maximum Gasteiger partial charge on any atom is 0.307 e. The first-order valence-electron chi connectivity index (χ1n) is 4.11. The molecule has 1 aromatic heterocycles. The van der Waals surface area contributed by atoms with Crippen LogP contribution in [0.5, 0.6) is 0 Å². The number of hydrogen-bond donors (Lipinski definition) is 2. The van der Waals surface area contributed by atoms with Gasteiger partial charge in [-0.05, 0) is 21.5 Å². The summed E-state index contributed by atoms with van der Waals surface area (Å²) in [4.78, 5) is 10.6. The van der Waals surface area contributed by atoms with E-state index < -0.39 is 11.8 Å². The zero-order valence-electron chi connectivity index (χ0n) is 7.42. The van der Waals surface area contributed by atoms with E-state index in [1.165, 1.54) is 12.3 Å². The first-order chi connectivity index (χ1) is 7.09. The van der Waals surface area contributed by atoms with Crippen molar-refractivity contribution in [3.63, 3.8) is 0 Å². The highest BCUT2D eigenvalue weighted by Gasteiger charge is 2.15. The molecular formula is C9H6BrFN2O2. The predicted octanol–water partition coefficient (Wildman–Crippen LogP) is 2.09. The predicted molar refractivity (Wildman–Crippen MR) is 55.1 cm³/mol. The summed E-state index contributed by atoms with van der Waals surface area (Å²) < 4.78 is 13.5. The van der Waals surface area contributed by atoms with Crippen LogP contribution in [0.15, 0.2) is 16.7 Å². The monoisotopic (exact) mass is 272 g/mol. The summed E-state index contributed by atoms with van der Waals surface area (Å²) >= 11 is 3.03. The van der Waals surface area contributed by atoms with Gasteiger partial charge < -0.3 is 5.11 Å². The quantitative estimate of drug-likeness (QED) is 0.880. The Morgan fingerprint density at radius 3 is 3.07 bits per heavy atom. The van der Waals surface area contributed by atoms with Crippen LogP contribution in [0, 0.1) is 5.82 Å². The molecule has 2 aromatic rings. The average molecular weight is 273 g/mol. The number of nitrogens with one attached hydrogen (secondary N) is 1. The summed E-state index contributed by atoms with van der Waals surface area (Å²) in [5.41, 5.74) is 0.887. The van der Waals surface area contributed by atoms with E-state index in [-0.39, 0.29) is 10.9 Å². The van der Waals surface area contributed by atoms with Gasteiger partial charge in [0.05, 0.1) is 22.6 Å². The van der Waals surface area contributed by atoms with Crippen LogP contribution < -0.4 is 0 Å². The lowest BCUT2D eigenvalue weighted by molar-refractivity contribution is -0.136. The van der Waals surface area contributed by atoms with E-state index in [9.17, 15) is 9.18 Å². The number of carboxylic acids is 1. The van der Waals surface area contributed by atoms with Crippen molar-refractivity contribution in [3.05, 3.63) is 28.1 Å². The molecule has 78 valence electrons. The number of H-pyrrole nitrogens is 1. The Morgan fingerprint density at radius 2 is 2.40 bits per heavy atom. The van der Waals surface area contributed by atoms with Gasteiger partial charge in [0, 0.05) is 11.5 Å². The highest BCUT2D eigenvalue weighted by atomic mass is 79.9. The van der Waals surface area contributed by atoms with Crippen molar-refractivity contribution in [2.24, 2.45) is 0 Å². The molecule has 0 spiro atoms. The minimum atomic E-state index is -1.01. The number of nitrogens with zero attached hydrogens (tertiary/aromatic N) is 1. The van der Waals surface area contributed by atoms with Crippen LogP contribution in [0.1, 0.15) is 5.56 Å². The summed E-state index contributed by atoms with van der Waals surface area (Å²) in [5, 5.41) is 15.7. The van der Waals surface area contributed by atoms with Crippen molar-refractivity contribution in [1.29, 1.82) is 0 Å². The van der Waals surface area contributed by atoms with Gasteiger partial charge >= 0.3 is 5.97 Å². The molecule has 4 nitrogen and oxygen atoms in total. The third kappa shape index (κ3) is 1.72. The number of aromatic amines is 1. The van der Waals surface area contributed by atoms with E-state index in [1.807, 2.05) is 0 Å². The van der Waals surface area contributed by atoms with Gasteiger partial charge in [-0.3, -0.25) is 9.89 Å². The highest BCUT2D eigenvalue weighted by Crippen LogP contribution is 2.28. The molecule has 0 saturated carbocycles. The lowest BCUT2D eigenvalue weighted by atomic mass is 10.1. The van der Waals surface area contributed by atoms with Crippen LogP contribution in [0.25, 0.3) is 10.9 Å². The van der Waals surface area contributed by atoms with E-state index in [2.05, 4.69) is 26.1 Å². The fourth-order valence-corrected chi connectivity index (χ4v) is 1.89. The van der Waals surface area contributed by atoms with E-state index in [4.69, 9.17) is 5.11 Å². The van der Waals surface area contributed by atoms with Crippen LogP contribution in [0.4, 0.5) is 4.39 Å². The Balaban J connectivity index is 2.71. The van der Waals surface area contributed by atoms with Gasteiger partial charge in [-0.25, -0.2) is 4.39 Å². The summed E-state index contributed by atoms with van der Waals surface area (Å²) in [6.07, 6.45) is 1.24. The number of aromatic nitrogens is 2. The number of benzene rings is 1. The molecule has 0 amide bonds. The highest BCUT2D eigenvalue weighted by molar-refractivity contribution is 9.10.